The molecule has 0 aliphatic heterocycles. The van der Waals surface area contributed by atoms with Gasteiger partial charge in [0, 0.05) is 6.42 Å². The summed E-state index contributed by atoms with van der Waals surface area (Å²) in [5.41, 5.74) is -0.494. The van der Waals surface area contributed by atoms with Crippen molar-refractivity contribution in [2.75, 3.05) is 0 Å². The zero-order chi connectivity index (χ0) is 10.5. The summed E-state index contributed by atoms with van der Waals surface area (Å²) >= 11 is 0. The number of carbonyl (C=O) groups excluding carboxylic acids is 1. The molecule has 0 heterocycles. The summed E-state index contributed by atoms with van der Waals surface area (Å²) in [5.74, 6) is -1.02. The monoisotopic (exact) mass is 188 g/mol. The fourth-order valence-corrected chi connectivity index (χ4v) is 0.879. The molecule has 1 atom stereocenters. The third-order valence-corrected chi connectivity index (χ3v) is 1.32. The Kier molecular flexibility index (Phi) is 4.62. The highest BCUT2D eigenvalue weighted by molar-refractivity contribution is 5.72. The van der Waals surface area contributed by atoms with Crippen molar-refractivity contribution in [3.05, 3.63) is 0 Å². The molecule has 0 aromatic rings. The van der Waals surface area contributed by atoms with Crippen LogP contribution in [-0.4, -0.2) is 29.1 Å². The maximum atomic E-state index is 10.6. The van der Waals surface area contributed by atoms with E-state index in [9.17, 15) is 9.59 Å². The van der Waals surface area contributed by atoms with Crippen LogP contribution in [0.25, 0.3) is 0 Å². The average molecular weight is 188 g/mol. The lowest BCUT2D eigenvalue weighted by Gasteiger charge is -2.24. The number of aliphatic carboxylic acids is 1. The van der Waals surface area contributed by atoms with Gasteiger partial charge in [-0.05, 0) is 27.2 Å². The van der Waals surface area contributed by atoms with Crippen molar-refractivity contribution in [1.82, 2.24) is 0 Å². The highest BCUT2D eigenvalue weighted by Crippen LogP contribution is 2.14. The first kappa shape index (κ1) is 12.1. The Balaban J connectivity index is 4.10. The van der Waals surface area contributed by atoms with Crippen molar-refractivity contribution in [3.8, 4) is 0 Å². The van der Waals surface area contributed by atoms with E-state index in [0.29, 0.717) is 6.29 Å². The van der Waals surface area contributed by atoms with Crippen molar-refractivity contribution in [1.29, 1.82) is 0 Å². The van der Waals surface area contributed by atoms with Crippen LogP contribution in [0.1, 0.15) is 33.6 Å². The highest BCUT2D eigenvalue weighted by atomic mass is 16.5. The maximum Gasteiger partial charge on any atom is 0.332 e. The minimum Gasteiger partial charge on any atom is -0.479 e. The van der Waals surface area contributed by atoms with E-state index in [0.717, 1.165) is 0 Å². The number of ether oxygens (including phenoxy) is 1. The quantitative estimate of drug-likeness (QED) is 0.659. The first-order valence-corrected chi connectivity index (χ1v) is 4.21. The van der Waals surface area contributed by atoms with Gasteiger partial charge >= 0.3 is 5.97 Å². The van der Waals surface area contributed by atoms with Crippen LogP contribution >= 0.6 is 0 Å². The molecule has 0 saturated heterocycles. The van der Waals surface area contributed by atoms with E-state index in [1.54, 1.807) is 20.8 Å². The summed E-state index contributed by atoms with van der Waals surface area (Å²) in [5, 5.41) is 8.72. The van der Waals surface area contributed by atoms with Gasteiger partial charge in [0.05, 0.1) is 5.60 Å². The second-order valence-electron chi connectivity index (χ2n) is 3.80. The van der Waals surface area contributed by atoms with Crippen LogP contribution in [0, 0.1) is 0 Å². The lowest BCUT2D eigenvalue weighted by molar-refractivity contribution is -0.160. The lowest BCUT2D eigenvalue weighted by Crippen LogP contribution is -2.33. The molecule has 0 fully saturated rings. The molecule has 13 heavy (non-hydrogen) atoms. The van der Waals surface area contributed by atoms with Gasteiger partial charge in [0.2, 0.25) is 0 Å². The normalized spacial score (nSPS) is 13.8. The molecule has 0 bridgehead atoms. The van der Waals surface area contributed by atoms with Crippen LogP contribution in [0.4, 0.5) is 0 Å². The molecule has 0 aliphatic carbocycles. The van der Waals surface area contributed by atoms with E-state index >= 15 is 0 Å². The number of hydrogen-bond acceptors (Lipinski definition) is 3. The average Bonchev–Trinajstić information content (AvgIpc) is 1.95. The van der Waals surface area contributed by atoms with Gasteiger partial charge in [-0.3, -0.25) is 0 Å². The molecule has 0 saturated carbocycles. The predicted molar refractivity (Wildman–Crippen MR) is 47.6 cm³/mol. The predicted octanol–water partition coefficient (Wildman–Crippen LogP) is 1.23. The van der Waals surface area contributed by atoms with Gasteiger partial charge in [-0.25, -0.2) is 4.79 Å². The van der Waals surface area contributed by atoms with Gasteiger partial charge in [-0.1, -0.05) is 0 Å². The zero-order valence-electron chi connectivity index (χ0n) is 8.24. The van der Waals surface area contributed by atoms with Crippen LogP contribution in [0.5, 0.6) is 0 Å². The summed E-state index contributed by atoms with van der Waals surface area (Å²) in [6, 6.07) is 0. The Morgan fingerprint density at radius 1 is 1.54 bits per heavy atom. The number of rotatable bonds is 5. The molecule has 1 N–H and O–H groups in total. The smallest absolute Gasteiger partial charge is 0.332 e. The number of aldehydes is 1. The summed E-state index contributed by atoms with van der Waals surface area (Å²) in [6.45, 7) is 5.34. The SMILES string of the molecule is CC(C)(C)OC(CCC=O)C(=O)O. The maximum absolute atomic E-state index is 10.6. The third kappa shape index (κ3) is 6.28. The van der Waals surface area contributed by atoms with Crippen molar-refractivity contribution < 1.29 is 19.4 Å². The largest absolute Gasteiger partial charge is 0.479 e. The molecule has 0 aliphatic rings. The fourth-order valence-electron chi connectivity index (χ4n) is 0.879. The molecular weight excluding hydrogens is 172 g/mol. The Bertz CT molecular complexity index is 181. The van der Waals surface area contributed by atoms with E-state index < -0.39 is 17.7 Å². The first-order valence-electron chi connectivity index (χ1n) is 4.21. The molecule has 0 rings (SSSR count). The van der Waals surface area contributed by atoms with Crippen LogP contribution in [0.15, 0.2) is 0 Å². The van der Waals surface area contributed by atoms with Crippen LogP contribution in [-0.2, 0) is 14.3 Å². The van der Waals surface area contributed by atoms with Crippen molar-refractivity contribution >= 4 is 12.3 Å². The standard InChI is InChI=1S/C9H16O4/c1-9(2,3)13-7(8(11)12)5-4-6-10/h6-7H,4-5H2,1-3H3,(H,11,12). The number of carbonyl (C=O) groups is 2. The zero-order valence-corrected chi connectivity index (χ0v) is 8.24. The highest BCUT2D eigenvalue weighted by Gasteiger charge is 2.24. The van der Waals surface area contributed by atoms with Gasteiger partial charge in [0.1, 0.15) is 6.29 Å². The van der Waals surface area contributed by atoms with Crippen molar-refractivity contribution in [2.24, 2.45) is 0 Å². The van der Waals surface area contributed by atoms with Gasteiger partial charge in [-0.2, -0.15) is 0 Å². The van der Waals surface area contributed by atoms with Crippen LogP contribution in [0.2, 0.25) is 0 Å². The summed E-state index contributed by atoms with van der Waals surface area (Å²) in [4.78, 5) is 20.7. The molecule has 0 spiro atoms. The summed E-state index contributed by atoms with van der Waals surface area (Å²) in [7, 11) is 0. The molecule has 4 heteroatoms. The van der Waals surface area contributed by atoms with Gasteiger partial charge in [0.15, 0.2) is 6.10 Å². The third-order valence-electron chi connectivity index (χ3n) is 1.32. The van der Waals surface area contributed by atoms with Crippen molar-refractivity contribution in [3.63, 3.8) is 0 Å². The van der Waals surface area contributed by atoms with E-state index in [4.69, 9.17) is 9.84 Å². The Labute approximate surface area is 77.9 Å². The molecule has 0 aromatic carbocycles. The molecule has 0 radical (unpaired) electrons. The van der Waals surface area contributed by atoms with Crippen LogP contribution in [0.3, 0.4) is 0 Å². The summed E-state index contributed by atoms with van der Waals surface area (Å²) < 4.78 is 5.24. The Morgan fingerprint density at radius 2 is 2.08 bits per heavy atom. The van der Waals surface area contributed by atoms with E-state index in [1.807, 2.05) is 0 Å². The fraction of sp³-hybridized carbons (Fsp3) is 0.778. The van der Waals surface area contributed by atoms with Gasteiger partial charge in [0.25, 0.3) is 0 Å². The van der Waals surface area contributed by atoms with Gasteiger partial charge in [-0.15, -0.1) is 0 Å². The number of carboxylic acid groups (broad SMARTS) is 1. The second-order valence-corrected chi connectivity index (χ2v) is 3.80. The topological polar surface area (TPSA) is 63.6 Å². The van der Waals surface area contributed by atoms with Crippen molar-refractivity contribution in [2.45, 2.75) is 45.3 Å². The molecule has 0 amide bonds. The molecule has 4 nitrogen and oxygen atoms in total. The minimum absolute atomic E-state index is 0.215. The Morgan fingerprint density at radius 3 is 2.38 bits per heavy atom. The lowest BCUT2D eigenvalue weighted by atomic mass is 10.1. The second kappa shape index (κ2) is 4.97. The van der Waals surface area contributed by atoms with Crippen LogP contribution < -0.4 is 0 Å². The molecular formula is C9H16O4. The van der Waals surface area contributed by atoms with E-state index in [-0.39, 0.29) is 12.8 Å². The molecule has 1 unspecified atom stereocenters. The Hall–Kier alpha value is -0.900. The summed E-state index contributed by atoms with van der Waals surface area (Å²) in [6.07, 6.45) is 0.260. The minimum atomic E-state index is -1.02. The van der Waals surface area contributed by atoms with E-state index in [1.165, 1.54) is 0 Å². The first-order chi connectivity index (χ1) is 5.87. The number of carboxylic acids is 1. The van der Waals surface area contributed by atoms with Gasteiger partial charge < -0.3 is 14.6 Å². The number of hydrogen-bond donors (Lipinski definition) is 1. The van der Waals surface area contributed by atoms with E-state index in [2.05, 4.69) is 0 Å². The molecule has 0 aromatic heterocycles. The molecule has 76 valence electrons.